The minimum Gasteiger partial charge on any atom is -0.367 e. The van der Waals surface area contributed by atoms with Crippen molar-refractivity contribution in [3.8, 4) is 11.4 Å². The molecule has 1 N–H and O–H groups in total. The van der Waals surface area contributed by atoms with Crippen molar-refractivity contribution in [2.75, 3.05) is 38.1 Å². The molecule has 212 valence electrons. The van der Waals surface area contributed by atoms with Crippen molar-refractivity contribution < 1.29 is 4.79 Å². The molecule has 3 heterocycles. The molecule has 2 aromatic heterocycles. The number of aryl methyl sites for hydroxylation is 1. The molecule has 0 aliphatic carbocycles. The molecule has 1 saturated heterocycles. The number of nitrogens with zero attached hydrogens (tertiary/aromatic N) is 6. The minimum atomic E-state index is 0.105. The Labute approximate surface area is 238 Å². The summed E-state index contributed by atoms with van der Waals surface area (Å²) in [6.07, 6.45) is 2.04. The molecule has 0 saturated carbocycles. The molecule has 5 rings (SSSR count). The third-order valence-electron chi connectivity index (χ3n) is 8.11. The Morgan fingerprint density at radius 2 is 1.73 bits per heavy atom. The van der Waals surface area contributed by atoms with E-state index in [0.717, 1.165) is 66.7 Å². The van der Waals surface area contributed by atoms with Gasteiger partial charge in [-0.3, -0.25) is 9.69 Å². The number of fused-ring (bicyclic) bond motifs is 1. The molecular weight excluding hydrogens is 498 g/mol. The number of hydrogen-bond acceptors (Lipinski definition) is 5. The number of piperazine rings is 1. The molecule has 1 fully saturated rings. The van der Waals surface area contributed by atoms with Crippen LogP contribution in [0.25, 0.3) is 22.4 Å². The number of amides is 1. The number of hydrogen-bond donors (Lipinski definition) is 1. The fourth-order valence-electron chi connectivity index (χ4n) is 5.27. The van der Waals surface area contributed by atoms with Crippen LogP contribution in [-0.4, -0.2) is 74.5 Å². The molecule has 4 aromatic rings. The molecule has 1 amide bonds. The molecule has 8 nitrogen and oxygen atoms in total. The lowest BCUT2D eigenvalue weighted by atomic mass is 9.87. The third kappa shape index (κ3) is 5.92. The predicted molar refractivity (Wildman–Crippen MR) is 163 cm³/mol. The van der Waals surface area contributed by atoms with E-state index >= 15 is 0 Å². The average molecular weight is 542 g/mol. The van der Waals surface area contributed by atoms with Crippen LogP contribution in [0.4, 0.5) is 5.69 Å². The van der Waals surface area contributed by atoms with Crippen molar-refractivity contribution in [2.45, 2.75) is 66.1 Å². The molecule has 1 aliphatic heterocycles. The number of rotatable bonds is 7. The van der Waals surface area contributed by atoms with Crippen LogP contribution in [0.2, 0.25) is 0 Å². The number of aromatic amines is 1. The van der Waals surface area contributed by atoms with Crippen LogP contribution < -0.4 is 4.90 Å². The Bertz CT molecular complexity index is 1470. The van der Waals surface area contributed by atoms with E-state index in [1.807, 2.05) is 38.6 Å². The summed E-state index contributed by atoms with van der Waals surface area (Å²) >= 11 is 0. The summed E-state index contributed by atoms with van der Waals surface area (Å²) < 4.78 is 1.97. The topological polar surface area (TPSA) is 73.3 Å². The van der Waals surface area contributed by atoms with Gasteiger partial charge in [0, 0.05) is 57.6 Å². The number of imidazole rings is 2. The zero-order valence-corrected chi connectivity index (χ0v) is 25.0. The van der Waals surface area contributed by atoms with Crippen LogP contribution in [0.1, 0.15) is 51.7 Å². The summed E-state index contributed by atoms with van der Waals surface area (Å²) in [5, 5.41) is 0. The average Bonchev–Trinajstić information content (AvgIpc) is 3.51. The fourth-order valence-corrected chi connectivity index (χ4v) is 5.27. The second kappa shape index (κ2) is 11.1. The number of aromatic nitrogens is 4. The Morgan fingerprint density at radius 3 is 2.38 bits per heavy atom. The lowest BCUT2D eigenvalue weighted by Gasteiger charge is -2.35. The van der Waals surface area contributed by atoms with Gasteiger partial charge in [0.2, 0.25) is 5.91 Å². The number of benzene rings is 2. The normalized spacial score (nSPS) is 14.8. The highest BCUT2D eigenvalue weighted by molar-refractivity contribution is 5.91. The number of carbonyl (C=O) groups excluding carboxylic acids is 1. The van der Waals surface area contributed by atoms with Gasteiger partial charge in [0.05, 0.1) is 16.9 Å². The first-order valence-electron chi connectivity index (χ1n) is 14.3. The van der Waals surface area contributed by atoms with Crippen LogP contribution in [0, 0.1) is 6.92 Å². The third-order valence-corrected chi connectivity index (χ3v) is 8.11. The van der Waals surface area contributed by atoms with Gasteiger partial charge in [-0.1, -0.05) is 51.1 Å². The lowest BCUT2D eigenvalue weighted by Crippen LogP contribution is -2.46. The first-order valence-corrected chi connectivity index (χ1v) is 14.3. The van der Waals surface area contributed by atoms with Gasteiger partial charge in [-0.05, 0) is 43.9 Å². The van der Waals surface area contributed by atoms with Crippen LogP contribution >= 0.6 is 0 Å². The highest BCUT2D eigenvalue weighted by Crippen LogP contribution is 2.30. The van der Waals surface area contributed by atoms with Gasteiger partial charge >= 0.3 is 0 Å². The Kier molecular flexibility index (Phi) is 7.73. The fraction of sp³-hybridized carbons (Fsp3) is 0.469. The molecule has 8 heteroatoms. The smallest absolute Gasteiger partial charge is 0.242 e. The van der Waals surface area contributed by atoms with E-state index in [2.05, 4.69) is 78.0 Å². The van der Waals surface area contributed by atoms with Crippen LogP contribution in [-0.2, 0) is 23.3 Å². The molecule has 1 aliphatic rings. The number of para-hydroxylation sites is 1. The Morgan fingerprint density at radius 1 is 1.02 bits per heavy atom. The molecule has 0 atom stereocenters. The van der Waals surface area contributed by atoms with E-state index in [4.69, 9.17) is 9.97 Å². The quantitative estimate of drug-likeness (QED) is 0.347. The second-order valence-corrected chi connectivity index (χ2v) is 12.4. The summed E-state index contributed by atoms with van der Waals surface area (Å²) in [7, 11) is 1.86. The number of anilines is 1. The maximum atomic E-state index is 12.6. The van der Waals surface area contributed by atoms with Crippen molar-refractivity contribution in [3.05, 3.63) is 65.7 Å². The molecular formula is C32H43N7O. The maximum absolute atomic E-state index is 12.6. The number of nitrogens with one attached hydrogen (secondary N) is 1. The van der Waals surface area contributed by atoms with Crippen LogP contribution in [0.5, 0.6) is 0 Å². The van der Waals surface area contributed by atoms with Crippen LogP contribution in [0.15, 0.2) is 48.7 Å². The number of H-pyrrole nitrogens is 1. The molecule has 2 aromatic carbocycles. The zero-order chi connectivity index (χ0) is 28.6. The summed E-state index contributed by atoms with van der Waals surface area (Å²) in [5.74, 6) is 1.90. The summed E-state index contributed by atoms with van der Waals surface area (Å²) in [6, 6.07) is 15.3. The van der Waals surface area contributed by atoms with E-state index in [-0.39, 0.29) is 17.4 Å². The van der Waals surface area contributed by atoms with Crippen molar-refractivity contribution >= 4 is 22.6 Å². The van der Waals surface area contributed by atoms with Gasteiger partial charge in [0.25, 0.3) is 0 Å². The van der Waals surface area contributed by atoms with E-state index in [1.54, 1.807) is 4.90 Å². The van der Waals surface area contributed by atoms with E-state index in [0.29, 0.717) is 6.54 Å². The van der Waals surface area contributed by atoms with Crippen molar-refractivity contribution in [1.29, 1.82) is 0 Å². The van der Waals surface area contributed by atoms with E-state index in [1.165, 1.54) is 11.3 Å². The van der Waals surface area contributed by atoms with Crippen molar-refractivity contribution in [3.63, 3.8) is 0 Å². The molecule has 40 heavy (non-hydrogen) atoms. The summed E-state index contributed by atoms with van der Waals surface area (Å²) in [6.45, 7) is 17.6. The van der Waals surface area contributed by atoms with Crippen molar-refractivity contribution in [2.24, 2.45) is 0 Å². The lowest BCUT2D eigenvalue weighted by molar-refractivity contribution is -0.132. The highest BCUT2D eigenvalue weighted by atomic mass is 16.2. The molecule has 0 radical (unpaired) electrons. The number of carbonyl (C=O) groups is 1. The number of likely N-dealkylation sites (N-methyl/N-ethyl adjacent to an activating group) is 1. The van der Waals surface area contributed by atoms with Gasteiger partial charge in [-0.2, -0.15) is 0 Å². The maximum Gasteiger partial charge on any atom is 0.242 e. The van der Waals surface area contributed by atoms with Gasteiger partial charge in [0.15, 0.2) is 0 Å². The molecule has 0 bridgehead atoms. The molecule has 0 spiro atoms. The minimum absolute atomic E-state index is 0.105. The Hall–Kier alpha value is -3.65. The first-order chi connectivity index (χ1) is 19.0. The van der Waals surface area contributed by atoms with Gasteiger partial charge in [0.1, 0.15) is 23.7 Å². The SMILES string of the molecule is Cc1nc(CN2CCN(c3cccc4[nH]c(-c5ccc(C(C)(C)C)cc5)nc34)CC2)cn1CC(=O)N(C)C(C)C. The van der Waals surface area contributed by atoms with Gasteiger partial charge < -0.3 is 19.4 Å². The summed E-state index contributed by atoms with van der Waals surface area (Å²) in [5.41, 5.74) is 6.84. The van der Waals surface area contributed by atoms with Gasteiger partial charge in [-0.15, -0.1) is 0 Å². The monoisotopic (exact) mass is 541 g/mol. The molecule has 0 unspecified atom stereocenters. The van der Waals surface area contributed by atoms with E-state index in [9.17, 15) is 4.79 Å². The first kappa shape index (κ1) is 27.9. The highest BCUT2D eigenvalue weighted by Gasteiger charge is 2.22. The Balaban J connectivity index is 1.24. The predicted octanol–water partition coefficient (Wildman–Crippen LogP) is 5.22. The standard InChI is InChI=1S/C32H43N7O/c1-22(2)36(7)29(40)21-39-20-26(33-23(39)3)19-37-15-17-38(18-16-37)28-10-8-9-27-30(28)35-31(34-27)24-11-13-25(14-12-24)32(4,5)6/h8-14,20,22H,15-19,21H2,1-7H3,(H,34,35). The van der Waals surface area contributed by atoms with Crippen LogP contribution in [0.3, 0.4) is 0 Å². The summed E-state index contributed by atoms with van der Waals surface area (Å²) in [4.78, 5) is 32.6. The second-order valence-electron chi connectivity index (χ2n) is 12.4. The van der Waals surface area contributed by atoms with E-state index < -0.39 is 0 Å². The van der Waals surface area contributed by atoms with Gasteiger partial charge in [-0.25, -0.2) is 9.97 Å². The van der Waals surface area contributed by atoms with Crippen molar-refractivity contribution in [1.82, 2.24) is 29.3 Å². The largest absolute Gasteiger partial charge is 0.367 e. The zero-order valence-electron chi connectivity index (χ0n) is 25.0.